The lowest BCUT2D eigenvalue weighted by atomic mass is 10.1. The topological polar surface area (TPSA) is 47.2 Å². The highest BCUT2D eigenvalue weighted by atomic mass is 16.5. The van der Waals surface area contributed by atoms with E-state index in [9.17, 15) is 10.3 Å². The first-order valence-electron chi connectivity index (χ1n) is 4.70. The first kappa shape index (κ1) is 9.68. The standard InChI is InChI=1S/C12H11NO2/c14-12(10-6-2-1-3-7-10)11-8-4-5-9-13(11)15/h1-9,12,14H/t12-/m1/s1. The van der Waals surface area contributed by atoms with Crippen LogP contribution in [0.5, 0.6) is 0 Å². The minimum absolute atomic E-state index is 0.337. The molecule has 0 saturated carbocycles. The molecule has 0 aliphatic carbocycles. The zero-order chi connectivity index (χ0) is 10.7. The molecule has 0 aliphatic rings. The van der Waals surface area contributed by atoms with E-state index in [0.29, 0.717) is 16.0 Å². The minimum atomic E-state index is -0.870. The Morgan fingerprint density at radius 1 is 1.00 bits per heavy atom. The van der Waals surface area contributed by atoms with Crippen LogP contribution < -0.4 is 4.73 Å². The summed E-state index contributed by atoms with van der Waals surface area (Å²) >= 11 is 0. The van der Waals surface area contributed by atoms with E-state index in [2.05, 4.69) is 0 Å². The van der Waals surface area contributed by atoms with Crippen molar-refractivity contribution in [3.8, 4) is 0 Å². The van der Waals surface area contributed by atoms with Crippen molar-refractivity contribution in [3.63, 3.8) is 0 Å². The van der Waals surface area contributed by atoms with Gasteiger partial charge in [-0.3, -0.25) is 0 Å². The normalized spacial score (nSPS) is 12.3. The second-order valence-electron chi connectivity index (χ2n) is 3.26. The number of rotatable bonds is 2. The molecule has 1 aromatic heterocycles. The van der Waals surface area contributed by atoms with Crippen LogP contribution in [-0.2, 0) is 0 Å². The van der Waals surface area contributed by atoms with E-state index < -0.39 is 6.10 Å². The fourth-order valence-corrected chi connectivity index (χ4v) is 1.46. The summed E-state index contributed by atoms with van der Waals surface area (Å²) in [5.74, 6) is 0. The van der Waals surface area contributed by atoms with Crippen molar-refractivity contribution >= 4 is 0 Å². The van der Waals surface area contributed by atoms with Crippen molar-refractivity contribution in [1.82, 2.24) is 0 Å². The van der Waals surface area contributed by atoms with Gasteiger partial charge in [-0.2, -0.15) is 4.73 Å². The van der Waals surface area contributed by atoms with Crippen molar-refractivity contribution in [1.29, 1.82) is 0 Å². The third-order valence-corrected chi connectivity index (χ3v) is 2.25. The molecule has 0 amide bonds. The molecule has 0 spiro atoms. The predicted octanol–water partition coefficient (Wildman–Crippen LogP) is 1.40. The van der Waals surface area contributed by atoms with Gasteiger partial charge in [-0.25, -0.2) is 0 Å². The SMILES string of the molecule is [O-][n+]1ccccc1[C@H](O)c1ccccc1. The summed E-state index contributed by atoms with van der Waals surface area (Å²) in [6.07, 6.45) is 0.506. The number of hydrogen-bond donors (Lipinski definition) is 1. The maximum Gasteiger partial charge on any atom is 0.226 e. The summed E-state index contributed by atoms with van der Waals surface area (Å²) in [6, 6.07) is 14.1. The monoisotopic (exact) mass is 201 g/mol. The van der Waals surface area contributed by atoms with Crippen LogP contribution in [0, 0.1) is 5.21 Å². The lowest BCUT2D eigenvalue weighted by molar-refractivity contribution is -0.617. The summed E-state index contributed by atoms with van der Waals surface area (Å²) < 4.78 is 0.678. The molecule has 1 N–H and O–H groups in total. The number of hydrogen-bond acceptors (Lipinski definition) is 2. The molecule has 0 bridgehead atoms. The second-order valence-corrected chi connectivity index (χ2v) is 3.26. The first-order valence-corrected chi connectivity index (χ1v) is 4.70. The van der Waals surface area contributed by atoms with Crippen molar-refractivity contribution in [2.75, 3.05) is 0 Å². The molecule has 76 valence electrons. The third-order valence-electron chi connectivity index (χ3n) is 2.25. The molecule has 15 heavy (non-hydrogen) atoms. The summed E-state index contributed by atoms with van der Waals surface area (Å²) in [7, 11) is 0. The van der Waals surface area contributed by atoms with Gasteiger partial charge in [-0.05, 0) is 11.6 Å². The zero-order valence-electron chi connectivity index (χ0n) is 8.08. The lowest BCUT2D eigenvalue weighted by Gasteiger charge is -2.10. The lowest BCUT2D eigenvalue weighted by Crippen LogP contribution is -2.32. The van der Waals surface area contributed by atoms with Crippen molar-refractivity contribution < 1.29 is 9.84 Å². The van der Waals surface area contributed by atoms with Gasteiger partial charge in [0.2, 0.25) is 5.69 Å². The van der Waals surface area contributed by atoms with E-state index in [1.165, 1.54) is 6.20 Å². The number of aliphatic hydroxyl groups excluding tert-OH is 1. The van der Waals surface area contributed by atoms with E-state index >= 15 is 0 Å². The molecular formula is C12H11NO2. The van der Waals surface area contributed by atoms with Crippen LogP contribution in [0.1, 0.15) is 17.4 Å². The number of pyridine rings is 1. The van der Waals surface area contributed by atoms with Crippen molar-refractivity contribution in [2.45, 2.75) is 6.10 Å². The molecule has 2 rings (SSSR count). The smallest absolute Gasteiger partial charge is 0.226 e. The summed E-state index contributed by atoms with van der Waals surface area (Å²) in [4.78, 5) is 0. The second kappa shape index (κ2) is 4.11. The molecule has 2 aromatic rings. The first-order chi connectivity index (χ1) is 7.29. The Kier molecular flexibility index (Phi) is 2.65. The Balaban J connectivity index is 2.37. The maximum atomic E-state index is 11.4. The van der Waals surface area contributed by atoms with Gasteiger partial charge in [-0.15, -0.1) is 0 Å². The molecule has 0 fully saturated rings. The van der Waals surface area contributed by atoms with Crippen molar-refractivity contribution in [2.24, 2.45) is 0 Å². The van der Waals surface area contributed by atoms with Gasteiger partial charge in [0.25, 0.3) is 0 Å². The van der Waals surface area contributed by atoms with E-state index in [-0.39, 0.29) is 0 Å². The van der Waals surface area contributed by atoms with Gasteiger partial charge in [0.05, 0.1) is 0 Å². The fraction of sp³-hybridized carbons (Fsp3) is 0.0833. The average molecular weight is 201 g/mol. The van der Waals surface area contributed by atoms with Gasteiger partial charge in [0.1, 0.15) is 0 Å². The van der Waals surface area contributed by atoms with E-state index in [1.54, 1.807) is 30.3 Å². The van der Waals surface area contributed by atoms with E-state index in [4.69, 9.17) is 0 Å². The Labute approximate surface area is 87.8 Å². The molecule has 3 nitrogen and oxygen atoms in total. The fourth-order valence-electron chi connectivity index (χ4n) is 1.46. The minimum Gasteiger partial charge on any atom is -0.618 e. The highest BCUT2D eigenvalue weighted by Crippen LogP contribution is 2.17. The molecule has 1 aromatic carbocycles. The van der Waals surface area contributed by atoms with Gasteiger partial charge in [0.15, 0.2) is 12.3 Å². The molecule has 1 atom stereocenters. The Morgan fingerprint density at radius 3 is 2.33 bits per heavy atom. The predicted molar refractivity (Wildman–Crippen MR) is 55.9 cm³/mol. The maximum absolute atomic E-state index is 11.4. The van der Waals surface area contributed by atoms with Crippen LogP contribution in [0.2, 0.25) is 0 Å². The van der Waals surface area contributed by atoms with Gasteiger partial charge < -0.3 is 10.3 Å². The van der Waals surface area contributed by atoms with Crippen LogP contribution in [-0.4, -0.2) is 5.11 Å². The number of benzene rings is 1. The molecule has 0 aliphatic heterocycles. The van der Waals surface area contributed by atoms with Crippen LogP contribution in [0.25, 0.3) is 0 Å². The van der Waals surface area contributed by atoms with Gasteiger partial charge >= 0.3 is 0 Å². The molecule has 1 heterocycles. The third kappa shape index (κ3) is 1.97. The highest BCUT2D eigenvalue weighted by Gasteiger charge is 2.17. The molecule has 3 heteroatoms. The van der Waals surface area contributed by atoms with Gasteiger partial charge in [0, 0.05) is 12.1 Å². The summed E-state index contributed by atoms with van der Waals surface area (Å²) in [5.41, 5.74) is 1.05. The Morgan fingerprint density at radius 2 is 1.67 bits per heavy atom. The molecule has 0 saturated heterocycles. The largest absolute Gasteiger partial charge is 0.618 e. The molecular weight excluding hydrogens is 190 g/mol. The van der Waals surface area contributed by atoms with Crippen LogP contribution >= 0.6 is 0 Å². The molecule has 0 radical (unpaired) electrons. The summed E-state index contributed by atoms with van der Waals surface area (Å²) in [6.45, 7) is 0. The van der Waals surface area contributed by atoms with Crippen LogP contribution in [0.15, 0.2) is 54.7 Å². The summed E-state index contributed by atoms with van der Waals surface area (Å²) in [5, 5.41) is 21.3. The molecule has 0 unspecified atom stereocenters. The quantitative estimate of drug-likeness (QED) is 0.589. The zero-order valence-corrected chi connectivity index (χ0v) is 8.08. The Hall–Kier alpha value is -1.87. The van der Waals surface area contributed by atoms with E-state index in [0.717, 1.165) is 0 Å². The average Bonchev–Trinajstić information content (AvgIpc) is 2.30. The number of aromatic nitrogens is 1. The number of nitrogens with zero attached hydrogens (tertiary/aromatic N) is 1. The van der Waals surface area contributed by atoms with Gasteiger partial charge in [-0.1, -0.05) is 30.3 Å². The highest BCUT2D eigenvalue weighted by molar-refractivity contribution is 5.23. The van der Waals surface area contributed by atoms with Crippen LogP contribution in [0.3, 0.4) is 0 Å². The Bertz CT molecular complexity index is 442. The van der Waals surface area contributed by atoms with E-state index in [1.807, 2.05) is 18.2 Å². The number of aliphatic hydroxyl groups is 1. The van der Waals surface area contributed by atoms with Crippen LogP contribution in [0.4, 0.5) is 0 Å². The van der Waals surface area contributed by atoms with Crippen molar-refractivity contribution in [3.05, 3.63) is 71.2 Å².